The number of carbonyl (C=O) groups is 1. The summed E-state index contributed by atoms with van der Waals surface area (Å²) in [5.41, 5.74) is 2.29. The first-order chi connectivity index (χ1) is 13.8. The first kappa shape index (κ1) is 21.6. The number of furan rings is 1. The predicted octanol–water partition coefficient (Wildman–Crippen LogP) is 7.50. The van der Waals surface area contributed by atoms with Crippen LogP contribution in [0.3, 0.4) is 0 Å². The van der Waals surface area contributed by atoms with Crippen molar-refractivity contribution in [2.24, 2.45) is 0 Å². The third-order valence-corrected chi connectivity index (χ3v) is 5.41. The monoisotopic (exact) mass is 451 g/mol. The van der Waals surface area contributed by atoms with Gasteiger partial charge in [0.15, 0.2) is 5.76 Å². The van der Waals surface area contributed by atoms with Crippen molar-refractivity contribution < 1.29 is 13.9 Å². The van der Waals surface area contributed by atoms with E-state index in [2.05, 4.69) is 19.2 Å². The number of aryl methyl sites for hydroxylation is 1. The molecule has 7 heteroatoms. The van der Waals surface area contributed by atoms with Crippen LogP contribution in [0.15, 0.2) is 46.9 Å². The van der Waals surface area contributed by atoms with Crippen molar-refractivity contribution in [2.45, 2.75) is 33.3 Å². The lowest BCUT2D eigenvalue weighted by atomic mass is 10.0. The van der Waals surface area contributed by atoms with Crippen molar-refractivity contribution in [3.63, 3.8) is 0 Å². The lowest BCUT2D eigenvalue weighted by molar-refractivity contribution is 0.0992. The molecule has 0 aliphatic rings. The minimum absolute atomic E-state index is 0.135. The summed E-state index contributed by atoms with van der Waals surface area (Å²) in [6, 6.07) is 12.1. The molecule has 0 radical (unpaired) electrons. The number of amides is 1. The highest BCUT2D eigenvalue weighted by atomic mass is 35.5. The molecule has 3 aromatic rings. The van der Waals surface area contributed by atoms with Gasteiger partial charge in [-0.3, -0.25) is 4.79 Å². The summed E-state index contributed by atoms with van der Waals surface area (Å²) in [7, 11) is 0. The van der Waals surface area contributed by atoms with E-state index >= 15 is 0 Å². The molecule has 0 atom stereocenters. The van der Waals surface area contributed by atoms with Gasteiger partial charge >= 0.3 is 0 Å². The molecular formula is C22H20Cl3NO3. The van der Waals surface area contributed by atoms with Crippen LogP contribution in [0.2, 0.25) is 15.1 Å². The number of nitrogens with one attached hydrogen (secondary N) is 1. The summed E-state index contributed by atoms with van der Waals surface area (Å²) in [5, 5.41) is 4.07. The number of halogens is 3. The number of para-hydroxylation sites is 1. The second-order valence-corrected chi connectivity index (χ2v) is 8.12. The van der Waals surface area contributed by atoms with Crippen LogP contribution in [-0.2, 0) is 6.61 Å². The van der Waals surface area contributed by atoms with Crippen molar-refractivity contribution in [1.82, 2.24) is 0 Å². The van der Waals surface area contributed by atoms with Gasteiger partial charge in [-0.2, -0.15) is 0 Å². The second-order valence-electron chi connectivity index (χ2n) is 6.90. The third kappa shape index (κ3) is 5.08. The summed E-state index contributed by atoms with van der Waals surface area (Å²) in [5.74, 6) is 1.20. The fourth-order valence-corrected chi connectivity index (χ4v) is 3.43. The molecule has 3 rings (SSSR count). The van der Waals surface area contributed by atoms with Crippen molar-refractivity contribution in [3.05, 3.63) is 80.2 Å². The summed E-state index contributed by atoms with van der Waals surface area (Å²) in [4.78, 5) is 12.5. The smallest absolute Gasteiger partial charge is 0.291 e. The SMILES string of the molecule is Cc1cc(OCc2ccc(C(=O)Nc3c(Cl)cccc3Cl)o2)c(C(C)C)cc1Cl. The highest BCUT2D eigenvalue weighted by Crippen LogP contribution is 2.33. The van der Waals surface area contributed by atoms with Gasteiger partial charge in [0, 0.05) is 5.02 Å². The van der Waals surface area contributed by atoms with Crippen LogP contribution in [0.25, 0.3) is 0 Å². The molecule has 0 unspecified atom stereocenters. The maximum Gasteiger partial charge on any atom is 0.291 e. The van der Waals surface area contributed by atoms with E-state index in [0.29, 0.717) is 26.5 Å². The Morgan fingerprint density at radius 1 is 1.07 bits per heavy atom. The Balaban J connectivity index is 1.71. The van der Waals surface area contributed by atoms with Crippen molar-refractivity contribution >= 4 is 46.4 Å². The van der Waals surface area contributed by atoms with Crippen LogP contribution in [-0.4, -0.2) is 5.91 Å². The highest BCUT2D eigenvalue weighted by Gasteiger charge is 2.16. The Kier molecular flexibility index (Phi) is 6.78. The zero-order valence-corrected chi connectivity index (χ0v) is 18.5. The number of anilines is 1. The maximum absolute atomic E-state index is 12.5. The number of ether oxygens (including phenoxy) is 1. The van der Waals surface area contributed by atoms with E-state index in [1.165, 1.54) is 0 Å². The van der Waals surface area contributed by atoms with Crippen LogP contribution in [0, 0.1) is 6.92 Å². The van der Waals surface area contributed by atoms with Gasteiger partial charge in [-0.05, 0) is 60.4 Å². The largest absolute Gasteiger partial charge is 0.485 e. The molecule has 0 fully saturated rings. The molecule has 0 spiro atoms. The van der Waals surface area contributed by atoms with Crippen LogP contribution in [0.1, 0.15) is 47.2 Å². The predicted molar refractivity (Wildman–Crippen MR) is 118 cm³/mol. The zero-order valence-electron chi connectivity index (χ0n) is 16.2. The molecular weight excluding hydrogens is 433 g/mol. The molecule has 29 heavy (non-hydrogen) atoms. The third-order valence-electron chi connectivity index (χ3n) is 4.37. The summed E-state index contributed by atoms with van der Waals surface area (Å²) in [6.45, 7) is 6.25. The molecule has 0 saturated heterocycles. The van der Waals surface area contributed by atoms with Gasteiger partial charge in [0.05, 0.1) is 15.7 Å². The molecule has 1 aromatic heterocycles. The van der Waals surface area contributed by atoms with Crippen LogP contribution in [0.5, 0.6) is 5.75 Å². The molecule has 1 N–H and O–H groups in total. The first-order valence-corrected chi connectivity index (χ1v) is 10.2. The zero-order chi connectivity index (χ0) is 21.1. The molecule has 1 amide bonds. The Hall–Kier alpha value is -2.14. The molecule has 2 aromatic carbocycles. The van der Waals surface area contributed by atoms with Crippen LogP contribution in [0.4, 0.5) is 5.69 Å². The second kappa shape index (κ2) is 9.12. The van der Waals surface area contributed by atoms with Gasteiger partial charge < -0.3 is 14.5 Å². The number of rotatable bonds is 6. The average Bonchev–Trinajstić information content (AvgIpc) is 3.14. The number of carbonyl (C=O) groups excluding carboxylic acids is 1. The van der Waals surface area contributed by atoms with Gasteiger partial charge in [0.25, 0.3) is 5.91 Å². The summed E-state index contributed by atoms with van der Waals surface area (Å²) < 4.78 is 11.6. The van der Waals surface area contributed by atoms with E-state index in [4.69, 9.17) is 44.0 Å². The lowest BCUT2D eigenvalue weighted by Gasteiger charge is -2.15. The Labute approximate surface area is 184 Å². The molecule has 0 aliphatic carbocycles. The molecule has 1 heterocycles. The van der Waals surface area contributed by atoms with Crippen LogP contribution >= 0.6 is 34.8 Å². The normalized spacial score (nSPS) is 11.0. The van der Waals surface area contributed by atoms with Gasteiger partial charge in [-0.25, -0.2) is 0 Å². The van der Waals surface area contributed by atoms with E-state index < -0.39 is 5.91 Å². The molecule has 152 valence electrons. The molecule has 4 nitrogen and oxygen atoms in total. The lowest BCUT2D eigenvalue weighted by Crippen LogP contribution is -2.11. The topological polar surface area (TPSA) is 51.5 Å². The number of benzene rings is 2. The van der Waals surface area contributed by atoms with E-state index in [1.807, 2.05) is 19.1 Å². The fraction of sp³-hybridized carbons (Fsp3) is 0.227. The Bertz CT molecular complexity index is 1020. The minimum Gasteiger partial charge on any atom is -0.485 e. The quantitative estimate of drug-likeness (QED) is 0.421. The number of hydrogen-bond donors (Lipinski definition) is 1. The van der Waals surface area contributed by atoms with Crippen molar-refractivity contribution in [1.29, 1.82) is 0 Å². The van der Waals surface area contributed by atoms with E-state index in [1.54, 1.807) is 30.3 Å². The summed E-state index contributed by atoms with van der Waals surface area (Å²) >= 11 is 18.4. The van der Waals surface area contributed by atoms with Crippen LogP contribution < -0.4 is 10.1 Å². The highest BCUT2D eigenvalue weighted by molar-refractivity contribution is 6.40. The minimum atomic E-state index is -0.448. The van der Waals surface area contributed by atoms with E-state index in [0.717, 1.165) is 16.9 Å². The maximum atomic E-state index is 12.5. The van der Waals surface area contributed by atoms with Crippen molar-refractivity contribution in [2.75, 3.05) is 5.32 Å². The van der Waals surface area contributed by atoms with Crippen molar-refractivity contribution in [3.8, 4) is 5.75 Å². The molecule has 0 bridgehead atoms. The first-order valence-electron chi connectivity index (χ1n) is 9.03. The average molecular weight is 453 g/mol. The van der Waals surface area contributed by atoms with E-state index in [9.17, 15) is 4.79 Å². The summed E-state index contributed by atoms with van der Waals surface area (Å²) in [6.07, 6.45) is 0. The van der Waals surface area contributed by atoms with Gasteiger partial charge in [0.2, 0.25) is 0 Å². The van der Waals surface area contributed by atoms with Gasteiger partial charge in [-0.1, -0.05) is 54.7 Å². The molecule has 0 aliphatic heterocycles. The standard InChI is InChI=1S/C22H20Cl3NO3/c1-12(2)15-10-18(25)13(3)9-20(15)28-11-14-7-8-19(29-14)22(27)26-21-16(23)5-4-6-17(21)24/h4-10,12H,11H2,1-3H3,(H,26,27). The molecule has 0 saturated carbocycles. The van der Waals surface area contributed by atoms with Gasteiger partial charge in [-0.15, -0.1) is 0 Å². The Morgan fingerprint density at radius 2 is 1.76 bits per heavy atom. The fourth-order valence-electron chi connectivity index (χ4n) is 2.77. The van der Waals surface area contributed by atoms with Gasteiger partial charge in [0.1, 0.15) is 18.1 Å². The number of hydrogen-bond acceptors (Lipinski definition) is 3. The Morgan fingerprint density at radius 3 is 2.41 bits per heavy atom. The van der Waals surface area contributed by atoms with E-state index in [-0.39, 0.29) is 18.3 Å².